The number of ether oxygens (including phenoxy) is 1. The molecule has 1 N–H and O–H groups in total. The molecule has 1 aliphatic heterocycles. The molecule has 1 aromatic heterocycles. The van der Waals surface area contributed by atoms with Crippen molar-refractivity contribution in [3.63, 3.8) is 0 Å². The highest BCUT2D eigenvalue weighted by Gasteiger charge is 2.25. The van der Waals surface area contributed by atoms with Crippen molar-refractivity contribution in [2.45, 2.75) is 51.8 Å². The second-order valence-electron chi connectivity index (χ2n) is 5.69. The summed E-state index contributed by atoms with van der Waals surface area (Å²) in [5, 5.41) is 7.27. The normalized spacial score (nSPS) is 24.1. The molecule has 0 aromatic carbocycles. The SMILES string of the molecule is CO[C@H](C)c1noc(CCC(=O)N2C[C@H](C)N[C@@H](C)C2)n1. The van der Waals surface area contributed by atoms with E-state index >= 15 is 0 Å². The number of carbonyl (C=O) groups is 1. The van der Waals surface area contributed by atoms with Gasteiger partial charge in [-0.15, -0.1) is 0 Å². The van der Waals surface area contributed by atoms with E-state index in [2.05, 4.69) is 29.3 Å². The minimum absolute atomic E-state index is 0.134. The Hall–Kier alpha value is -1.47. The van der Waals surface area contributed by atoms with Crippen LogP contribution in [0.3, 0.4) is 0 Å². The number of piperazine rings is 1. The average molecular weight is 296 g/mol. The molecule has 1 saturated heterocycles. The molecule has 2 rings (SSSR count). The molecule has 21 heavy (non-hydrogen) atoms. The van der Waals surface area contributed by atoms with Gasteiger partial charge in [0, 0.05) is 45.1 Å². The molecular formula is C14H24N4O3. The van der Waals surface area contributed by atoms with Crippen molar-refractivity contribution in [3.8, 4) is 0 Å². The van der Waals surface area contributed by atoms with E-state index < -0.39 is 0 Å². The minimum Gasteiger partial charge on any atom is -0.374 e. The third-order valence-electron chi connectivity index (χ3n) is 3.66. The first-order valence-electron chi connectivity index (χ1n) is 7.38. The molecule has 0 spiro atoms. The summed E-state index contributed by atoms with van der Waals surface area (Å²) >= 11 is 0. The predicted molar refractivity (Wildman–Crippen MR) is 76.7 cm³/mol. The van der Waals surface area contributed by atoms with Gasteiger partial charge in [-0.05, 0) is 20.8 Å². The van der Waals surface area contributed by atoms with Crippen LogP contribution in [0, 0.1) is 0 Å². The number of aromatic nitrogens is 2. The van der Waals surface area contributed by atoms with Crippen LogP contribution in [0.1, 0.15) is 45.0 Å². The lowest BCUT2D eigenvalue weighted by atomic mass is 10.1. The van der Waals surface area contributed by atoms with Gasteiger partial charge in [0.1, 0.15) is 6.10 Å². The fraction of sp³-hybridized carbons (Fsp3) is 0.786. The lowest BCUT2D eigenvalue weighted by molar-refractivity contribution is -0.133. The van der Waals surface area contributed by atoms with Crippen LogP contribution in [0.4, 0.5) is 0 Å². The Morgan fingerprint density at radius 1 is 1.48 bits per heavy atom. The Balaban J connectivity index is 1.85. The maximum Gasteiger partial charge on any atom is 0.227 e. The number of aryl methyl sites for hydroxylation is 1. The molecule has 1 aliphatic rings. The van der Waals surface area contributed by atoms with Crippen LogP contribution in [-0.4, -0.2) is 53.2 Å². The average Bonchev–Trinajstić information content (AvgIpc) is 2.91. The van der Waals surface area contributed by atoms with Crippen molar-refractivity contribution in [3.05, 3.63) is 11.7 Å². The van der Waals surface area contributed by atoms with Crippen LogP contribution in [0.15, 0.2) is 4.52 Å². The van der Waals surface area contributed by atoms with Crippen molar-refractivity contribution in [1.29, 1.82) is 0 Å². The minimum atomic E-state index is -0.201. The third-order valence-corrected chi connectivity index (χ3v) is 3.66. The van der Waals surface area contributed by atoms with Crippen LogP contribution in [0.25, 0.3) is 0 Å². The smallest absolute Gasteiger partial charge is 0.227 e. The van der Waals surface area contributed by atoms with E-state index in [0.29, 0.717) is 36.6 Å². The van der Waals surface area contributed by atoms with Gasteiger partial charge in [-0.1, -0.05) is 5.16 Å². The van der Waals surface area contributed by atoms with Crippen LogP contribution in [-0.2, 0) is 16.0 Å². The summed E-state index contributed by atoms with van der Waals surface area (Å²) in [4.78, 5) is 18.4. The highest BCUT2D eigenvalue weighted by atomic mass is 16.5. The van der Waals surface area contributed by atoms with Crippen molar-refractivity contribution in [1.82, 2.24) is 20.4 Å². The fourth-order valence-electron chi connectivity index (χ4n) is 2.54. The summed E-state index contributed by atoms with van der Waals surface area (Å²) in [7, 11) is 1.59. The molecule has 0 radical (unpaired) electrons. The van der Waals surface area contributed by atoms with Gasteiger partial charge in [-0.3, -0.25) is 4.79 Å². The van der Waals surface area contributed by atoms with Crippen molar-refractivity contribution in [2.75, 3.05) is 20.2 Å². The molecule has 7 heteroatoms. The van der Waals surface area contributed by atoms with E-state index in [4.69, 9.17) is 9.26 Å². The molecule has 1 fully saturated rings. The lowest BCUT2D eigenvalue weighted by Gasteiger charge is -2.36. The van der Waals surface area contributed by atoms with E-state index in [9.17, 15) is 4.79 Å². The molecule has 0 aliphatic carbocycles. The molecule has 2 heterocycles. The Bertz CT molecular complexity index is 467. The molecule has 118 valence electrons. The Labute approximate surface area is 125 Å². The number of nitrogens with one attached hydrogen (secondary N) is 1. The standard InChI is InChI=1S/C14H24N4O3/c1-9-7-18(8-10(2)15-9)13(19)6-5-12-16-14(17-21-12)11(3)20-4/h9-11,15H,5-8H2,1-4H3/t9-,10-,11+/m0/s1. The molecule has 7 nitrogen and oxygen atoms in total. The quantitative estimate of drug-likeness (QED) is 0.870. The van der Waals surface area contributed by atoms with Gasteiger partial charge in [-0.2, -0.15) is 4.98 Å². The first-order chi connectivity index (χ1) is 9.99. The van der Waals surface area contributed by atoms with E-state index in [1.165, 1.54) is 0 Å². The summed E-state index contributed by atoms with van der Waals surface area (Å²) in [6.07, 6.45) is 0.658. The lowest BCUT2D eigenvalue weighted by Crippen LogP contribution is -2.55. The largest absolute Gasteiger partial charge is 0.374 e. The zero-order chi connectivity index (χ0) is 15.4. The van der Waals surface area contributed by atoms with Crippen LogP contribution in [0.2, 0.25) is 0 Å². The van der Waals surface area contributed by atoms with Gasteiger partial charge in [0.25, 0.3) is 0 Å². The second-order valence-corrected chi connectivity index (χ2v) is 5.69. The van der Waals surface area contributed by atoms with E-state index in [0.717, 1.165) is 13.1 Å². The number of hydrogen-bond acceptors (Lipinski definition) is 6. The first kappa shape index (κ1) is 15.9. The number of hydrogen-bond donors (Lipinski definition) is 1. The molecule has 0 bridgehead atoms. The number of methoxy groups -OCH3 is 1. The summed E-state index contributed by atoms with van der Waals surface area (Å²) in [5.74, 6) is 1.14. The number of nitrogens with zero attached hydrogens (tertiary/aromatic N) is 3. The second kappa shape index (κ2) is 7.00. The van der Waals surface area contributed by atoms with Crippen LogP contribution < -0.4 is 5.32 Å². The molecule has 1 aromatic rings. The molecule has 0 unspecified atom stereocenters. The maximum absolute atomic E-state index is 12.2. The van der Waals surface area contributed by atoms with Gasteiger partial charge >= 0.3 is 0 Å². The zero-order valence-electron chi connectivity index (χ0n) is 13.1. The molecule has 3 atom stereocenters. The summed E-state index contributed by atoms with van der Waals surface area (Å²) in [6.45, 7) is 7.53. The summed E-state index contributed by atoms with van der Waals surface area (Å²) in [6, 6.07) is 0.658. The van der Waals surface area contributed by atoms with Gasteiger partial charge in [0.05, 0.1) is 0 Å². The van der Waals surface area contributed by atoms with E-state index in [-0.39, 0.29) is 12.0 Å². The first-order valence-corrected chi connectivity index (χ1v) is 7.38. The van der Waals surface area contributed by atoms with Gasteiger partial charge in [0.2, 0.25) is 11.8 Å². The fourth-order valence-corrected chi connectivity index (χ4v) is 2.54. The Kier molecular flexibility index (Phi) is 5.30. The van der Waals surface area contributed by atoms with Crippen LogP contribution in [0.5, 0.6) is 0 Å². The maximum atomic E-state index is 12.2. The van der Waals surface area contributed by atoms with Crippen molar-refractivity contribution in [2.24, 2.45) is 0 Å². The highest BCUT2D eigenvalue weighted by molar-refractivity contribution is 5.76. The molecular weight excluding hydrogens is 272 g/mol. The Morgan fingerprint density at radius 2 is 2.14 bits per heavy atom. The number of carbonyl (C=O) groups excluding carboxylic acids is 1. The van der Waals surface area contributed by atoms with Crippen LogP contribution >= 0.6 is 0 Å². The van der Waals surface area contributed by atoms with Crippen molar-refractivity contribution >= 4 is 5.91 Å². The Morgan fingerprint density at radius 3 is 2.76 bits per heavy atom. The monoisotopic (exact) mass is 296 g/mol. The number of rotatable bonds is 5. The predicted octanol–water partition coefficient (Wildman–Crippen LogP) is 0.918. The van der Waals surface area contributed by atoms with E-state index in [1.54, 1.807) is 7.11 Å². The van der Waals surface area contributed by atoms with E-state index in [1.807, 2.05) is 11.8 Å². The topological polar surface area (TPSA) is 80.5 Å². The highest BCUT2D eigenvalue weighted by Crippen LogP contribution is 2.13. The summed E-state index contributed by atoms with van der Waals surface area (Å²) in [5.41, 5.74) is 0. The zero-order valence-corrected chi connectivity index (χ0v) is 13.1. The number of amides is 1. The third kappa shape index (κ3) is 4.25. The van der Waals surface area contributed by atoms with Crippen molar-refractivity contribution < 1.29 is 14.1 Å². The van der Waals surface area contributed by atoms with Gasteiger partial charge < -0.3 is 19.5 Å². The summed E-state index contributed by atoms with van der Waals surface area (Å²) < 4.78 is 10.3. The van der Waals surface area contributed by atoms with Gasteiger partial charge in [0.15, 0.2) is 5.82 Å². The molecule has 0 saturated carbocycles. The van der Waals surface area contributed by atoms with Gasteiger partial charge in [-0.25, -0.2) is 0 Å². The molecule has 1 amide bonds.